The first-order valence-electron chi connectivity index (χ1n) is 10.0. The molecule has 3 rings (SSSR count). The second kappa shape index (κ2) is 9.43. The number of rotatable bonds is 6. The summed E-state index contributed by atoms with van der Waals surface area (Å²) in [6.07, 6.45) is 0.590. The van der Waals surface area contributed by atoms with Crippen LogP contribution in [-0.4, -0.2) is 54.8 Å². The molecule has 1 N–H and O–H groups in total. The minimum absolute atomic E-state index is 0.0525. The van der Waals surface area contributed by atoms with E-state index in [1.807, 2.05) is 62.4 Å². The first-order chi connectivity index (χ1) is 14.4. The van der Waals surface area contributed by atoms with Crippen molar-refractivity contribution in [1.82, 2.24) is 15.2 Å². The number of carbonyl (C=O) groups excluding carboxylic acids is 2. The number of hydrazone groups is 1. The maximum Gasteiger partial charge on any atom is 0.317 e. The Balaban J connectivity index is 1.89. The van der Waals surface area contributed by atoms with Crippen molar-refractivity contribution in [3.05, 3.63) is 65.2 Å². The van der Waals surface area contributed by atoms with Crippen molar-refractivity contribution in [1.29, 1.82) is 0 Å². The van der Waals surface area contributed by atoms with Crippen LogP contribution in [-0.2, 0) is 4.79 Å². The van der Waals surface area contributed by atoms with Crippen molar-refractivity contribution in [3.8, 4) is 5.75 Å². The predicted octanol–water partition coefficient (Wildman–Crippen LogP) is 3.34. The van der Waals surface area contributed by atoms with Crippen molar-refractivity contribution in [2.75, 3.05) is 27.2 Å². The summed E-state index contributed by atoms with van der Waals surface area (Å²) < 4.78 is 5.33. The zero-order chi connectivity index (χ0) is 21.7. The summed E-state index contributed by atoms with van der Waals surface area (Å²) in [4.78, 5) is 26.5. The van der Waals surface area contributed by atoms with E-state index in [-0.39, 0.29) is 24.5 Å². The van der Waals surface area contributed by atoms with Gasteiger partial charge in [-0.05, 0) is 31.5 Å². The number of urea groups is 1. The van der Waals surface area contributed by atoms with E-state index < -0.39 is 0 Å². The molecule has 0 bridgehead atoms. The van der Waals surface area contributed by atoms with E-state index in [9.17, 15) is 9.59 Å². The van der Waals surface area contributed by atoms with Gasteiger partial charge in [-0.1, -0.05) is 42.0 Å². The largest absolute Gasteiger partial charge is 0.497 e. The van der Waals surface area contributed by atoms with Crippen molar-refractivity contribution < 1.29 is 14.3 Å². The Hall–Kier alpha value is -3.35. The molecule has 30 heavy (non-hydrogen) atoms. The zero-order valence-corrected chi connectivity index (χ0v) is 17.9. The molecule has 0 fully saturated rings. The zero-order valence-electron chi connectivity index (χ0n) is 17.9. The van der Waals surface area contributed by atoms with Gasteiger partial charge in [0, 0.05) is 25.6 Å². The molecule has 158 valence electrons. The highest BCUT2D eigenvalue weighted by Crippen LogP contribution is 2.33. The topological polar surface area (TPSA) is 74.2 Å². The Labute approximate surface area is 177 Å². The summed E-state index contributed by atoms with van der Waals surface area (Å²) in [5.41, 5.74) is 3.89. The van der Waals surface area contributed by atoms with Gasteiger partial charge in [0.2, 0.25) is 0 Å². The maximum absolute atomic E-state index is 13.1. The molecule has 1 heterocycles. The molecule has 0 radical (unpaired) electrons. The van der Waals surface area contributed by atoms with Crippen LogP contribution in [0.4, 0.5) is 4.79 Å². The lowest BCUT2D eigenvalue weighted by atomic mass is 9.97. The van der Waals surface area contributed by atoms with E-state index in [1.165, 1.54) is 9.91 Å². The Morgan fingerprint density at radius 1 is 1.23 bits per heavy atom. The van der Waals surface area contributed by atoms with Gasteiger partial charge in [0.25, 0.3) is 5.91 Å². The third kappa shape index (κ3) is 4.79. The maximum atomic E-state index is 13.1. The summed E-state index contributed by atoms with van der Waals surface area (Å²) in [7, 11) is 3.23. The summed E-state index contributed by atoms with van der Waals surface area (Å²) in [5.74, 6) is 0.509. The Morgan fingerprint density at radius 3 is 2.63 bits per heavy atom. The number of nitrogens with zero attached hydrogens (tertiary/aromatic N) is 3. The molecule has 0 saturated heterocycles. The summed E-state index contributed by atoms with van der Waals surface area (Å²) in [5, 5.41) is 8.87. The van der Waals surface area contributed by atoms with Gasteiger partial charge in [-0.25, -0.2) is 9.80 Å². The number of hydrogen-bond acceptors (Lipinski definition) is 4. The van der Waals surface area contributed by atoms with Crippen molar-refractivity contribution in [2.45, 2.75) is 26.3 Å². The van der Waals surface area contributed by atoms with Gasteiger partial charge in [-0.3, -0.25) is 4.79 Å². The lowest BCUT2D eigenvalue weighted by Crippen LogP contribution is -2.43. The average molecular weight is 409 g/mol. The summed E-state index contributed by atoms with van der Waals surface area (Å²) >= 11 is 0. The van der Waals surface area contributed by atoms with Gasteiger partial charge in [-0.15, -0.1) is 0 Å². The molecule has 2 aromatic rings. The van der Waals surface area contributed by atoms with Crippen LogP contribution in [0.3, 0.4) is 0 Å². The van der Waals surface area contributed by atoms with E-state index in [2.05, 4.69) is 10.4 Å². The lowest BCUT2D eigenvalue weighted by Gasteiger charge is -2.25. The first-order valence-corrected chi connectivity index (χ1v) is 10.0. The Bertz CT molecular complexity index is 940. The third-order valence-corrected chi connectivity index (χ3v) is 5.08. The number of carbonyl (C=O) groups is 2. The van der Waals surface area contributed by atoms with Crippen LogP contribution in [0.15, 0.2) is 53.6 Å². The number of benzene rings is 2. The highest BCUT2D eigenvalue weighted by Gasteiger charge is 2.34. The van der Waals surface area contributed by atoms with Crippen LogP contribution < -0.4 is 10.1 Å². The summed E-state index contributed by atoms with van der Waals surface area (Å²) in [6, 6.07) is 15.3. The van der Waals surface area contributed by atoms with Crippen LogP contribution in [0.5, 0.6) is 5.75 Å². The van der Waals surface area contributed by atoms with Gasteiger partial charge in [0.15, 0.2) is 0 Å². The third-order valence-electron chi connectivity index (χ3n) is 5.08. The molecular weight excluding hydrogens is 380 g/mol. The van der Waals surface area contributed by atoms with Crippen LogP contribution in [0.2, 0.25) is 0 Å². The van der Waals surface area contributed by atoms with Gasteiger partial charge < -0.3 is 15.0 Å². The minimum Gasteiger partial charge on any atom is -0.497 e. The number of aryl methyl sites for hydroxylation is 1. The Morgan fingerprint density at radius 2 is 1.97 bits per heavy atom. The highest BCUT2D eigenvalue weighted by atomic mass is 16.5. The SMILES string of the molecule is CCNC(=O)N(C)CC(=O)N1N=C(c2cccc(OC)c2)CC1c1ccc(C)cc1. The van der Waals surface area contributed by atoms with E-state index in [4.69, 9.17) is 4.74 Å². The number of amides is 3. The highest BCUT2D eigenvalue weighted by molar-refractivity contribution is 6.03. The molecule has 2 aromatic carbocycles. The minimum atomic E-state index is -0.283. The molecule has 1 aliphatic rings. The lowest BCUT2D eigenvalue weighted by molar-refractivity contribution is -0.133. The quantitative estimate of drug-likeness (QED) is 0.797. The normalized spacial score (nSPS) is 15.5. The Kier molecular flexibility index (Phi) is 6.72. The van der Waals surface area contributed by atoms with E-state index in [0.29, 0.717) is 13.0 Å². The van der Waals surface area contributed by atoms with Crippen LogP contribution >= 0.6 is 0 Å². The van der Waals surface area contributed by atoms with E-state index >= 15 is 0 Å². The number of ether oxygens (including phenoxy) is 1. The van der Waals surface area contributed by atoms with Crippen molar-refractivity contribution in [3.63, 3.8) is 0 Å². The molecule has 7 heteroatoms. The second-order valence-electron chi connectivity index (χ2n) is 7.34. The molecule has 1 unspecified atom stereocenters. The average Bonchev–Trinajstić information content (AvgIpc) is 3.20. The number of likely N-dealkylation sites (N-methyl/N-ethyl adjacent to an activating group) is 1. The van der Waals surface area contributed by atoms with Crippen LogP contribution in [0.25, 0.3) is 0 Å². The van der Waals surface area contributed by atoms with Gasteiger partial charge in [0.05, 0.1) is 18.9 Å². The van der Waals surface area contributed by atoms with E-state index in [0.717, 1.165) is 28.2 Å². The van der Waals surface area contributed by atoms with Gasteiger partial charge in [0.1, 0.15) is 12.3 Å². The molecule has 1 atom stereocenters. The molecule has 3 amide bonds. The molecule has 0 saturated carbocycles. The predicted molar refractivity (Wildman–Crippen MR) is 117 cm³/mol. The summed E-state index contributed by atoms with van der Waals surface area (Å²) in [6.45, 7) is 4.32. The molecule has 7 nitrogen and oxygen atoms in total. The molecule has 0 aliphatic carbocycles. The first kappa shape index (κ1) is 21.4. The van der Waals surface area contributed by atoms with E-state index in [1.54, 1.807) is 14.2 Å². The number of methoxy groups -OCH3 is 1. The smallest absolute Gasteiger partial charge is 0.317 e. The molecular formula is C23H28N4O3. The van der Waals surface area contributed by atoms with Gasteiger partial charge >= 0.3 is 6.03 Å². The number of nitrogens with one attached hydrogen (secondary N) is 1. The van der Waals surface area contributed by atoms with Crippen molar-refractivity contribution in [2.24, 2.45) is 5.10 Å². The second-order valence-corrected chi connectivity index (χ2v) is 7.34. The van der Waals surface area contributed by atoms with Crippen molar-refractivity contribution >= 4 is 17.6 Å². The van der Waals surface area contributed by atoms with Gasteiger partial charge in [-0.2, -0.15) is 5.10 Å². The molecule has 0 aromatic heterocycles. The van der Waals surface area contributed by atoms with Crippen LogP contribution in [0.1, 0.15) is 36.1 Å². The standard InChI is InChI=1S/C23H28N4O3/c1-5-24-23(29)26(3)15-22(28)27-21(17-11-9-16(2)10-12-17)14-20(25-27)18-7-6-8-19(13-18)30-4/h6-13,21H,5,14-15H2,1-4H3,(H,24,29). The fraction of sp³-hybridized carbons (Fsp3) is 0.348. The van der Waals surface area contributed by atoms with Crippen LogP contribution in [0, 0.1) is 6.92 Å². The monoisotopic (exact) mass is 408 g/mol. The molecule has 0 spiro atoms. The fourth-order valence-electron chi connectivity index (χ4n) is 3.40. The fourth-order valence-corrected chi connectivity index (χ4v) is 3.40. The number of hydrogen-bond donors (Lipinski definition) is 1. The molecule has 1 aliphatic heterocycles.